The molecule has 0 unspecified atom stereocenters. The Morgan fingerprint density at radius 1 is 1.47 bits per heavy atom. The van der Waals surface area contributed by atoms with E-state index in [1.807, 2.05) is 4.90 Å². The van der Waals surface area contributed by atoms with Gasteiger partial charge in [0.25, 0.3) is 5.91 Å². The summed E-state index contributed by atoms with van der Waals surface area (Å²) in [5.74, 6) is 0.0218. The van der Waals surface area contributed by atoms with Crippen LogP contribution in [0.1, 0.15) is 33.8 Å². The van der Waals surface area contributed by atoms with Crippen LogP contribution < -0.4 is 0 Å². The molecule has 3 nitrogen and oxygen atoms in total. The van der Waals surface area contributed by atoms with Crippen LogP contribution in [0.2, 0.25) is 5.15 Å². The lowest BCUT2D eigenvalue weighted by Gasteiger charge is -2.33. The number of fused-ring (bicyclic) bond motifs is 1. The molecule has 1 atom stereocenters. The molecule has 3 rings (SSSR count). The van der Waals surface area contributed by atoms with Crippen molar-refractivity contribution in [3.8, 4) is 0 Å². The van der Waals surface area contributed by atoms with Gasteiger partial charge in [0, 0.05) is 17.6 Å². The van der Waals surface area contributed by atoms with Crippen LogP contribution in [-0.4, -0.2) is 22.3 Å². The number of amides is 1. The minimum Gasteiger partial charge on any atom is -0.331 e. The molecule has 0 bridgehead atoms. The van der Waals surface area contributed by atoms with E-state index in [1.165, 1.54) is 10.4 Å². The van der Waals surface area contributed by atoms with Crippen molar-refractivity contribution in [3.05, 3.63) is 50.9 Å². The SMILES string of the molecule is C[C@@H]1c2ccsc2CCN1C(=O)c1ccc(Cl)nc1. The highest BCUT2D eigenvalue weighted by atomic mass is 35.5. The molecule has 0 spiro atoms. The minimum absolute atomic E-state index is 0.0218. The van der Waals surface area contributed by atoms with Gasteiger partial charge < -0.3 is 4.90 Å². The molecule has 0 aromatic carbocycles. The average molecular weight is 293 g/mol. The summed E-state index contributed by atoms with van der Waals surface area (Å²) in [5, 5.41) is 2.50. The van der Waals surface area contributed by atoms with Gasteiger partial charge in [-0.3, -0.25) is 4.79 Å². The molecule has 0 saturated heterocycles. The smallest absolute Gasteiger partial charge is 0.255 e. The molecule has 19 heavy (non-hydrogen) atoms. The van der Waals surface area contributed by atoms with E-state index in [2.05, 4.69) is 23.4 Å². The Kier molecular flexibility index (Phi) is 3.29. The molecule has 1 amide bonds. The van der Waals surface area contributed by atoms with E-state index >= 15 is 0 Å². The van der Waals surface area contributed by atoms with Gasteiger partial charge in [-0.1, -0.05) is 11.6 Å². The van der Waals surface area contributed by atoms with E-state index in [1.54, 1.807) is 29.7 Å². The molecule has 0 N–H and O–H groups in total. The van der Waals surface area contributed by atoms with E-state index < -0.39 is 0 Å². The Hall–Kier alpha value is -1.39. The van der Waals surface area contributed by atoms with Gasteiger partial charge >= 0.3 is 0 Å². The molecule has 0 fully saturated rings. The number of thiophene rings is 1. The number of hydrogen-bond donors (Lipinski definition) is 0. The number of hydrogen-bond acceptors (Lipinski definition) is 3. The van der Waals surface area contributed by atoms with Gasteiger partial charge in [-0.2, -0.15) is 0 Å². The van der Waals surface area contributed by atoms with Crippen LogP contribution in [0.15, 0.2) is 29.8 Å². The highest BCUT2D eigenvalue weighted by Gasteiger charge is 2.28. The van der Waals surface area contributed by atoms with Crippen LogP contribution in [-0.2, 0) is 6.42 Å². The topological polar surface area (TPSA) is 33.2 Å². The van der Waals surface area contributed by atoms with Crippen molar-refractivity contribution in [3.63, 3.8) is 0 Å². The van der Waals surface area contributed by atoms with E-state index in [0.29, 0.717) is 10.7 Å². The molecular weight excluding hydrogens is 280 g/mol. The fraction of sp³-hybridized carbons (Fsp3) is 0.286. The Labute approximate surface area is 120 Å². The number of carbonyl (C=O) groups excluding carboxylic acids is 1. The Morgan fingerprint density at radius 3 is 3.05 bits per heavy atom. The minimum atomic E-state index is 0.0218. The Morgan fingerprint density at radius 2 is 2.32 bits per heavy atom. The van der Waals surface area contributed by atoms with Gasteiger partial charge in [0.05, 0.1) is 11.6 Å². The lowest BCUT2D eigenvalue weighted by atomic mass is 10.0. The van der Waals surface area contributed by atoms with Crippen molar-refractivity contribution in [2.75, 3.05) is 6.54 Å². The fourth-order valence-electron chi connectivity index (χ4n) is 2.46. The van der Waals surface area contributed by atoms with Crippen molar-refractivity contribution in [1.82, 2.24) is 9.88 Å². The summed E-state index contributed by atoms with van der Waals surface area (Å²) in [6.45, 7) is 2.84. The second-order valence-electron chi connectivity index (χ2n) is 4.59. The molecule has 0 saturated carbocycles. The summed E-state index contributed by atoms with van der Waals surface area (Å²) in [7, 11) is 0. The number of nitrogens with zero attached hydrogens (tertiary/aromatic N) is 2. The van der Waals surface area contributed by atoms with Crippen LogP contribution in [0, 0.1) is 0 Å². The first-order valence-corrected chi connectivity index (χ1v) is 7.41. The van der Waals surface area contributed by atoms with E-state index in [-0.39, 0.29) is 11.9 Å². The summed E-state index contributed by atoms with van der Waals surface area (Å²) < 4.78 is 0. The number of halogens is 1. The van der Waals surface area contributed by atoms with E-state index in [0.717, 1.165) is 13.0 Å². The zero-order valence-corrected chi connectivity index (χ0v) is 12.0. The predicted molar refractivity (Wildman–Crippen MR) is 76.7 cm³/mol. The molecule has 0 aliphatic carbocycles. The van der Waals surface area contributed by atoms with Crippen LogP contribution in [0.5, 0.6) is 0 Å². The average Bonchev–Trinajstić information content (AvgIpc) is 2.88. The second-order valence-corrected chi connectivity index (χ2v) is 5.98. The second kappa shape index (κ2) is 4.94. The van der Waals surface area contributed by atoms with Gasteiger partial charge in [0.15, 0.2) is 0 Å². The highest BCUT2D eigenvalue weighted by Crippen LogP contribution is 2.33. The van der Waals surface area contributed by atoms with Crippen molar-refractivity contribution in [1.29, 1.82) is 0 Å². The first-order valence-electron chi connectivity index (χ1n) is 6.15. The third kappa shape index (κ3) is 2.26. The van der Waals surface area contributed by atoms with Gasteiger partial charge in [-0.25, -0.2) is 4.98 Å². The molecule has 1 aliphatic rings. The first-order chi connectivity index (χ1) is 9.16. The number of carbonyl (C=O) groups is 1. The molecule has 1 aliphatic heterocycles. The highest BCUT2D eigenvalue weighted by molar-refractivity contribution is 7.10. The molecule has 2 aromatic heterocycles. The Bertz CT molecular complexity index is 608. The maximum atomic E-state index is 12.5. The van der Waals surface area contributed by atoms with Gasteiger partial charge in [-0.15, -0.1) is 11.3 Å². The lowest BCUT2D eigenvalue weighted by Crippen LogP contribution is -2.38. The largest absolute Gasteiger partial charge is 0.331 e. The standard InChI is InChI=1S/C14H13ClN2OS/c1-9-11-5-7-19-12(11)4-6-17(9)14(18)10-2-3-13(15)16-8-10/h2-3,5,7-9H,4,6H2,1H3/t9-/m1/s1. The number of pyridine rings is 1. The predicted octanol–water partition coefficient (Wildman–Crippen LogP) is 3.56. The summed E-state index contributed by atoms with van der Waals surface area (Å²) in [6.07, 6.45) is 2.48. The summed E-state index contributed by atoms with van der Waals surface area (Å²) in [4.78, 5) is 19.8. The zero-order valence-electron chi connectivity index (χ0n) is 10.5. The fourth-order valence-corrected chi connectivity index (χ4v) is 3.53. The van der Waals surface area contributed by atoms with Gasteiger partial charge in [0.2, 0.25) is 0 Å². The Balaban J connectivity index is 1.87. The van der Waals surface area contributed by atoms with E-state index in [4.69, 9.17) is 11.6 Å². The van der Waals surface area contributed by atoms with Crippen LogP contribution >= 0.6 is 22.9 Å². The van der Waals surface area contributed by atoms with Crippen LogP contribution in [0.25, 0.3) is 0 Å². The third-order valence-electron chi connectivity index (χ3n) is 3.51. The number of rotatable bonds is 1. The van der Waals surface area contributed by atoms with Crippen molar-refractivity contribution < 1.29 is 4.79 Å². The zero-order chi connectivity index (χ0) is 13.4. The number of aromatic nitrogens is 1. The normalized spacial score (nSPS) is 18.2. The maximum Gasteiger partial charge on any atom is 0.255 e. The molecule has 2 aromatic rings. The monoisotopic (exact) mass is 292 g/mol. The summed E-state index contributed by atoms with van der Waals surface area (Å²) >= 11 is 7.52. The van der Waals surface area contributed by atoms with Gasteiger partial charge in [-0.05, 0) is 42.5 Å². The van der Waals surface area contributed by atoms with Crippen molar-refractivity contribution in [2.45, 2.75) is 19.4 Å². The quantitative estimate of drug-likeness (QED) is 0.753. The van der Waals surface area contributed by atoms with Crippen molar-refractivity contribution >= 4 is 28.8 Å². The third-order valence-corrected chi connectivity index (χ3v) is 4.73. The molecule has 0 radical (unpaired) electrons. The van der Waals surface area contributed by atoms with Crippen molar-refractivity contribution in [2.24, 2.45) is 0 Å². The van der Waals surface area contributed by atoms with Crippen LogP contribution in [0.4, 0.5) is 0 Å². The molecular formula is C14H13ClN2OS. The lowest BCUT2D eigenvalue weighted by molar-refractivity contribution is 0.0679. The van der Waals surface area contributed by atoms with Crippen LogP contribution in [0.3, 0.4) is 0 Å². The molecule has 3 heterocycles. The van der Waals surface area contributed by atoms with E-state index in [9.17, 15) is 4.79 Å². The summed E-state index contributed by atoms with van der Waals surface area (Å²) in [5.41, 5.74) is 1.86. The van der Waals surface area contributed by atoms with Gasteiger partial charge in [0.1, 0.15) is 5.15 Å². The maximum absolute atomic E-state index is 12.5. The molecule has 98 valence electrons. The summed E-state index contributed by atoms with van der Waals surface area (Å²) in [6, 6.07) is 5.62. The molecule has 5 heteroatoms. The first kappa shape index (κ1) is 12.6.